The molecule has 3 heterocycles. The van der Waals surface area contributed by atoms with Crippen LogP contribution in [0.1, 0.15) is 35.3 Å². The topological polar surface area (TPSA) is 98.9 Å². The highest BCUT2D eigenvalue weighted by Gasteiger charge is 2.29. The molecule has 0 fully saturated rings. The normalized spacial score (nSPS) is 14.9. The highest BCUT2D eigenvalue weighted by Crippen LogP contribution is 2.33. The molecule has 0 aliphatic carbocycles. The molecule has 2 aromatic carbocycles. The van der Waals surface area contributed by atoms with Gasteiger partial charge in [-0.05, 0) is 49.7 Å². The minimum atomic E-state index is -0.298. The van der Waals surface area contributed by atoms with Gasteiger partial charge in [-0.2, -0.15) is 5.10 Å². The van der Waals surface area contributed by atoms with Gasteiger partial charge in [-0.1, -0.05) is 30.0 Å². The Hall–Kier alpha value is -3.72. The zero-order chi connectivity index (χ0) is 23.1. The number of carbonyl (C=O) groups excluding carboxylic acids is 2. The van der Waals surface area contributed by atoms with E-state index in [0.29, 0.717) is 33.2 Å². The lowest BCUT2D eigenvalue weighted by molar-refractivity contribution is -0.116. The van der Waals surface area contributed by atoms with Gasteiger partial charge in [0, 0.05) is 23.4 Å². The Morgan fingerprint density at radius 1 is 1.15 bits per heavy atom. The first-order valence-corrected chi connectivity index (χ1v) is 11.5. The van der Waals surface area contributed by atoms with Crippen LogP contribution in [0.2, 0.25) is 0 Å². The first kappa shape index (κ1) is 21.1. The van der Waals surface area contributed by atoms with Crippen molar-refractivity contribution in [3.8, 4) is 5.69 Å². The van der Waals surface area contributed by atoms with E-state index in [4.69, 9.17) is 4.98 Å². The predicted octanol–water partition coefficient (Wildman–Crippen LogP) is 3.77. The van der Waals surface area contributed by atoms with E-state index in [1.54, 1.807) is 39.7 Å². The molecule has 1 aliphatic rings. The molecule has 1 aliphatic heterocycles. The highest BCUT2D eigenvalue weighted by molar-refractivity contribution is 7.99. The maximum Gasteiger partial charge on any atom is 0.265 e. The lowest BCUT2D eigenvalue weighted by Gasteiger charge is -2.14. The number of amides is 1. The molecular formula is C24H21N5O3S. The Kier molecular flexibility index (Phi) is 5.33. The molecule has 4 aromatic rings. The van der Waals surface area contributed by atoms with E-state index in [1.807, 2.05) is 31.2 Å². The summed E-state index contributed by atoms with van der Waals surface area (Å²) in [6.45, 7) is 3.48. The van der Waals surface area contributed by atoms with Gasteiger partial charge in [0.1, 0.15) is 5.39 Å². The van der Waals surface area contributed by atoms with Gasteiger partial charge in [-0.3, -0.25) is 19.0 Å². The summed E-state index contributed by atoms with van der Waals surface area (Å²) in [4.78, 5) is 42.1. The fraction of sp³-hybridized carbons (Fsp3) is 0.208. The number of hydrogen-bond acceptors (Lipinski definition) is 6. The summed E-state index contributed by atoms with van der Waals surface area (Å²) in [6, 6.07) is 14.3. The largest absolute Gasteiger partial charge is 0.326 e. The summed E-state index contributed by atoms with van der Waals surface area (Å²) in [5.41, 5.74) is 3.42. The van der Waals surface area contributed by atoms with Gasteiger partial charge in [-0.25, -0.2) is 9.67 Å². The molecule has 8 nitrogen and oxygen atoms in total. The first-order chi connectivity index (χ1) is 15.9. The van der Waals surface area contributed by atoms with Crippen LogP contribution in [-0.4, -0.2) is 36.8 Å². The first-order valence-electron chi connectivity index (χ1n) is 10.5. The number of aromatic nitrogens is 4. The van der Waals surface area contributed by atoms with Crippen LogP contribution in [0.15, 0.2) is 64.7 Å². The molecule has 9 heteroatoms. The van der Waals surface area contributed by atoms with Crippen LogP contribution in [0.5, 0.6) is 0 Å². The van der Waals surface area contributed by atoms with E-state index in [0.717, 1.165) is 11.3 Å². The average Bonchev–Trinajstić information content (AvgIpc) is 3.39. The van der Waals surface area contributed by atoms with Crippen LogP contribution < -0.4 is 10.9 Å². The lowest BCUT2D eigenvalue weighted by atomic mass is 10.1. The molecule has 0 radical (unpaired) electrons. The predicted molar refractivity (Wildman–Crippen MR) is 127 cm³/mol. The van der Waals surface area contributed by atoms with Crippen molar-refractivity contribution in [2.24, 2.45) is 0 Å². The Morgan fingerprint density at radius 2 is 1.91 bits per heavy atom. The van der Waals surface area contributed by atoms with Gasteiger partial charge >= 0.3 is 0 Å². The Balaban J connectivity index is 1.41. The van der Waals surface area contributed by atoms with Crippen molar-refractivity contribution in [2.45, 2.75) is 31.5 Å². The molecule has 166 valence electrons. The number of nitrogens with zero attached hydrogens (tertiary/aromatic N) is 4. The van der Waals surface area contributed by atoms with E-state index in [-0.39, 0.29) is 29.7 Å². The lowest BCUT2D eigenvalue weighted by Crippen LogP contribution is -2.27. The third kappa shape index (κ3) is 3.84. The van der Waals surface area contributed by atoms with E-state index in [9.17, 15) is 14.4 Å². The number of para-hydroxylation sites is 1. The molecule has 0 bridgehead atoms. The average molecular weight is 460 g/mol. The number of rotatable bonds is 5. The Morgan fingerprint density at radius 3 is 2.64 bits per heavy atom. The standard InChI is InChI=1S/C24H21N5O3S/c1-14-5-3-4-6-20(14)29-22-19(12-25-29)23(32)28-18(13-33-24(28)27-22)11-21(31)26-17-9-7-16(8-10-17)15(2)30/h3-10,12,18H,11,13H2,1-2H3,(H,26,31). The number of carbonyl (C=O) groups is 2. The molecule has 0 spiro atoms. The van der Waals surface area contributed by atoms with Gasteiger partial charge in [-0.15, -0.1) is 0 Å². The number of ketones is 1. The molecule has 1 atom stereocenters. The monoisotopic (exact) mass is 459 g/mol. The summed E-state index contributed by atoms with van der Waals surface area (Å²) in [5, 5.41) is 8.27. The van der Waals surface area contributed by atoms with Crippen molar-refractivity contribution < 1.29 is 9.59 Å². The number of aryl methyl sites for hydroxylation is 1. The second kappa shape index (κ2) is 8.32. The molecule has 33 heavy (non-hydrogen) atoms. The quantitative estimate of drug-likeness (QED) is 0.360. The minimum Gasteiger partial charge on any atom is -0.326 e. The maximum atomic E-state index is 13.3. The fourth-order valence-corrected chi connectivity index (χ4v) is 5.10. The molecule has 1 amide bonds. The molecule has 1 unspecified atom stereocenters. The minimum absolute atomic E-state index is 0.0311. The Labute approximate surface area is 193 Å². The van der Waals surface area contributed by atoms with Crippen molar-refractivity contribution in [2.75, 3.05) is 11.1 Å². The van der Waals surface area contributed by atoms with Crippen molar-refractivity contribution in [3.05, 3.63) is 76.2 Å². The second-order valence-electron chi connectivity index (χ2n) is 8.00. The summed E-state index contributed by atoms with van der Waals surface area (Å²) < 4.78 is 3.30. The number of Topliss-reactive ketones (excluding diaryl/α,β-unsaturated/α-hetero) is 1. The van der Waals surface area contributed by atoms with Crippen molar-refractivity contribution >= 4 is 40.2 Å². The van der Waals surface area contributed by atoms with Gasteiger partial charge in [0.05, 0.1) is 17.9 Å². The van der Waals surface area contributed by atoms with Crippen LogP contribution >= 0.6 is 11.8 Å². The molecule has 0 saturated carbocycles. The number of benzene rings is 2. The van der Waals surface area contributed by atoms with E-state index in [1.165, 1.54) is 18.7 Å². The Bertz CT molecular complexity index is 1460. The van der Waals surface area contributed by atoms with Crippen molar-refractivity contribution in [1.82, 2.24) is 19.3 Å². The maximum absolute atomic E-state index is 13.3. The van der Waals surface area contributed by atoms with Crippen LogP contribution in [0.4, 0.5) is 5.69 Å². The van der Waals surface area contributed by atoms with Crippen molar-refractivity contribution in [3.63, 3.8) is 0 Å². The fourth-order valence-electron chi connectivity index (χ4n) is 3.97. The smallest absolute Gasteiger partial charge is 0.265 e. The second-order valence-corrected chi connectivity index (χ2v) is 8.99. The van der Waals surface area contributed by atoms with E-state index in [2.05, 4.69) is 10.4 Å². The van der Waals surface area contributed by atoms with E-state index >= 15 is 0 Å². The zero-order valence-electron chi connectivity index (χ0n) is 18.1. The number of nitrogens with one attached hydrogen (secondary N) is 1. The van der Waals surface area contributed by atoms with Gasteiger partial charge in [0.25, 0.3) is 5.56 Å². The number of anilines is 1. The van der Waals surface area contributed by atoms with Crippen LogP contribution in [-0.2, 0) is 4.79 Å². The number of fused-ring (bicyclic) bond motifs is 2. The molecule has 5 rings (SSSR count). The number of thioether (sulfide) groups is 1. The van der Waals surface area contributed by atoms with Crippen LogP contribution in [0, 0.1) is 6.92 Å². The zero-order valence-corrected chi connectivity index (χ0v) is 18.9. The summed E-state index contributed by atoms with van der Waals surface area (Å²) in [5.74, 6) is 0.353. The SMILES string of the molecule is CC(=O)c1ccc(NC(=O)CC2CSc3nc4c(cnn4-c4ccccc4C)c(=O)n32)cc1. The van der Waals surface area contributed by atoms with Crippen LogP contribution in [0.3, 0.4) is 0 Å². The molecule has 0 saturated heterocycles. The number of hydrogen-bond donors (Lipinski definition) is 1. The van der Waals surface area contributed by atoms with Gasteiger partial charge < -0.3 is 5.32 Å². The van der Waals surface area contributed by atoms with Gasteiger partial charge in [0.2, 0.25) is 5.91 Å². The van der Waals surface area contributed by atoms with Gasteiger partial charge in [0.15, 0.2) is 16.6 Å². The third-order valence-electron chi connectivity index (χ3n) is 5.71. The highest BCUT2D eigenvalue weighted by atomic mass is 32.2. The molecular weight excluding hydrogens is 438 g/mol. The summed E-state index contributed by atoms with van der Waals surface area (Å²) >= 11 is 1.46. The summed E-state index contributed by atoms with van der Waals surface area (Å²) in [6.07, 6.45) is 1.69. The van der Waals surface area contributed by atoms with Crippen molar-refractivity contribution in [1.29, 1.82) is 0 Å². The third-order valence-corrected chi connectivity index (χ3v) is 6.81. The van der Waals surface area contributed by atoms with E-state index < -0.39 is 0 Å². The van der Waals surface area contributed by atoms with Crippen LogP contribution in [0.25, 0.3) is 16.7 Å². The molecule has 1 N–H and O–H groups in total. The summed E-state index contributed by atoms with van der Waals surface area (Å²) in [7, 11) is 0. The molecule has 2 aromatic heterocycles.